The predicted molar refractivity (Wildman–Crippen MR) is 91.5 cm³/mol. The van der Waals surface area contributed by atoms with Crippen LogP contribution in [-0.2, 0) is 11.3 Å². The molecule has 0 saturated heterocycles. The van der Waals surface area contributed by atoms with Crippen LogP contribution in [0, 0.1) is 0 Å². The lowest BCUT2D eigenvalue weighted by atomic mass is 9.99. The first kappa shape index (κ1) is 16.8. The van der Waals surface area contributed by atoms with Gasteiger partial charge >= 0.3 is 0 Å². The van der Waals surface area contributed by atoms with Crippen molar-refractivity contribution in [1.29, 1.82) is 0 Å². The number of phenolic OH excluding ortho intramolecular Hbond substituents is 1. The van der Waals surface area contributed by atoms with E-state index in [9.17, 15) is 10.2 Å². The molecule has 2 aromatic rings. The molecule has 1 aromatic carbocycles. The Morgan fingerprint density at radius 3 is 2.71 bits per heavy atom. The van der Waals surface area contributed by atoms with Crippen molar-refractivity contribution in [1.82, 2.24) is 4.90 Å². The highest BCUT2D eigenvalue weighted by Crippen LogP contribution is 2.24. The van der Waals surface area contributed by atoms with Crippen molar-refractivity contribution in [2.24, 2.45) is 0 Å². The van der Waals surface area contributed by atoms with E-state index < -0.39 is 6.10 Å². The number of benzene rings is 1. The van der Waals surface area contributed by atoms with Crippen LogP contribution < -0.4 is 0 Å². The fraction of sp³-hybridized carbons (Fsp3) is 0.368. The SMILES string of the molecule is Oc1ccc(C2=CCN(CC(O)COCc3ccco3)CC2)cc1. The zero-order valence-corrected chi connectivity index (χ0v) is 13.6. The standard InChI is InChI=1S/C19H23NO4/c21-17-5-3-15(4-6-17)16-7-9-20(10-8-16)12-18(22)13-23-14-19-2-1-11-24-19/h1-7,11,18,21-22H,8-10,12-14H2. The summed E-state index contributed by atoms with van der Waals surface area (Å²) in [7, 11) is 0. The first-order chi connectivity index (χ1) is 11.7. The zero-order valence-electron chi connectivity index (χ0n) is 13.6. The summed E-state index contributed by atoms with van der Waals surface area (Å²) in [6, 6.07) is 11.0. The van der Waals surface area contributed by atoms with Crippen LogP contribution in [0.15, 0.2) is 53.2 Å². The number of hydrogen-bond acceptors (Lipinski definition) is 5. The lowest BCUT2D eigenvalue weighted by Crippen LogP contribution is -2.37. The Morgan fingerprint density at radius 1 is 1.21 bits per heavy atom. The molecule has 0 saturated carbocycles. The third-order valence-electron chi connectivity index (χ3n) is 4.13. The summed E-state index contributed by atoms with van der Waals surface area (Å²) in [6.07, 6.45) is 4.22. The molecule has 1 atom stereocenters. The average molecular weight is 329 g/mol. The van der Waals surface area contributed by atoms with Gasteiger partial charge in [0.05, 0.1) is 19.0 Å². The maximum absolute atomic E-state index is 10.1. The zero-order chi connectivity index (χ0) is 16.8. The molecule has 2 N–H and O–H groups in total. The molecule has 1 aromatic heterocycles. The van der Waals surface area contributed by atoms with E-state index in [-0.39, 0.29) is 5.75 Å². The second-order valence-corrected chi connectivity index (χ2v) is 6.03. The Labute approximate surface area is 141 Å². The van der Waals surface area contributed by atoms with Crippen LogP contribution in [0.5, 0.6) is 5.75 Å². The van der Waals surface area contributed by atoms with Crippen molar-refractivity contribution in [3.8, 4) is 5.75 Å². The Bertz CT molecular complexity index is 649. The summed E-state index contributed by atoms with van der Waals surface area (Å²) in [5.74, 6) is 1.05. The number of aliphatic hydroxyl groups is 1. The van der Waals surface area contributed by atoms with Crippen molar-refractivity contribution in [2.45, 2.75) is 19.1 Å². The van der Waals surface area contributed by atoms with E-state index in [4.69, 9.17) is 9.15 Å². The fourth-order valence-corrected chi connectivity index (χ4v) is 2.86. The van der Waals surface area contributed by atoms with Gasteiger partial charge in [0.25, 0.3) is 0 Å². The van der Waals surface area contributed by atoms with Crippen molar-refractivity contribution < 1.29 is 19.4 Å². The number of ether oxygens (including phenoxy) is 1. The van der Waals surface area contributed by atoms with E-state index in [2.05, 4.69) is 11.0 Å². The van der Waals surface area contributed by atoms with Gasteiger partial charge in [-0.05, 0) is 41.8 Å². The summed E-state index contributed by atoms with van der Waals surface area (Å²) in [5.41, 5.74) is 2.43. The third-order valence-corrected chi connectivity index (χ3v) is 4.13. The normalized spacial score (nSPS) is 16.8. The molecule has 1 aliphatic heterocycles. The molecule has 5 heteroatoms. The van der Waals surface area contributed by atoms with Crippen LogP contribution in [0.2, 0.25) is 0 Å². The van der Waals surface area contributed by atoms with Crippen molar-refractivity contribution in [3.05, 3.63) is 60.1 Å². The van der Waals surface area contributed by atoms with Gasteiger partial charge in [0, 0.05) is 19.6 Å². The molecule has 2 heterocycles. The molecule has 128 valence electrons. The Balaban J connectivity index is 1.41. The van der Waals surface area contributed by atoms with E-state index in [0.29, 0.717) is 19.8 Å². The van der Waals surface area contributed by atoms with Crippen LogP contribution in [0.3, 0.4) is 0 Å². The van der Waals surface area contributed by atoms with Crippen LogP contribution in [0.4, 0.5) is 0 Å². The number of hydrogen-bond donors (Lipinski definition) is 2. The maximum atomic E-state index is 10.1. The van der Waals surface area contributed by atoms with E-state index in [1.807, 2.05) is 24.3 Å². The molecule has 0 fully saturated rings. The average Bonchev–Trinajstić information content (AvgIpc) is 3.10. The van der Waals surface area contributed by atoms with Gasteiger partial charge in [-0.1, -0.05) is 18.2 Å². The molecular weight excluding hydrogens is 306 g/mol. The van der Waals surface area contributed by atoms with Crippen LogP contribution >= 0.6 is 0 Å². The summed E-state index contributed by atoms with van der Waals surface area (Å²) >= 11 is 0. The van der Waals surface area contributed by atoms with E-state index in [1.165, 1.54) is 5.57 Å². The highest BCUT2D eigenvalue weighted by atomic mass is 16.5. The number of furan rings is 1. The maximum Gasteiger partial charge on any atom is 0.129 e. The molecule has 5 nitrogen and oxygen atoms in total. The van der Waals surface area contributed by atoms with Crippen molar-refractivity contribution in [3.63, 3.8) is 0 Å². The molecular formula is C19H23NO4. The lowest BCUT2D eigenvalue weighted by Gasteiger charge is -2.28. The minimum absolute atomic E-state index is 0.287. The molecule has 0 spiro atoms. The van der Waals surface area contributed by atoms with E-state index in [0.717, 1.165) is 30.8 Å². The summed E-state index contributed by atoms with van der Waals surface area (Å²) < 4.78 is 10.7. The van der Waals surface area contributed by atoms with Gasteiger partial charge in [0.15, 0.2) is 0 Å². The molecule has 1 aliphatic rings. The second-order valence-electron chi connectivity index (χ2n) is 6.03. The van der Waals surface area contributed by atoms with Gasteiger partial charge in [0.2, 0.25) is 0 Å². The third kappa shape index (κ3) is 4.71. The quantitative estimate of drug-likeness (QED) is 0.817. The summed E-state index contributed by atoms with van der Waals surface area (Å²) in [4.78, 5) is 2.21. The topological polar surface area (TPSA) is 66.1 Å². The van der Waals surface area contributed by atoms with Gasteiger partial charge < -0.3 is 19.4 Å². The van der Waals surface area contributed by atoms with Gasteiger partial charge in [0.1, 0.15) is 18.1 Å². The van der Waals surface area contributed by atoms with E-state index in [1.54, 1.807) is 18.4 Å². The molecule has 0 aliphatic carbocycles. The lowest BCUT2D eigenvalue weighted by molar-refractivity contribution is 0.00658. The highest BCUT2D eigenvalue weighted by molar-refractivity contribution is 5.67. The molecule has 3 rings (SSSR count). The van der Waals surface area contributed by atoms with Crippen molar-refractivity contribution >= 4 is 5.57 Å². The smallest absolute Gasteiger partial charge is 0.129 e. The highest BCUT2D eigenvalue weighted by Gasteiger charge is 2.16. The Kier molecular flexibility index (Phi) is 5.69. The molecule has 0 bridgehead atoms. The molecule has 0 amide bonds. The second kappa shape index (κ2) is 8.15. The van der Waals surface area contributed by atoms with Crippen LogP contribution in [-0.4, -0.2) is 47.5 Å². The summed E-state index contributed by atoms with van der Waals surface area (Å²) in [5, 5.41) is 19.5. The largest absolute Gasteiger partial charge is 0.508 e. The first-order valence-corrected chi connectivity index (χ1v) is 8.19. The number of aromatic hydroxyl groups is 1. The number of nitrogens with zero attached hydrogens (tertiary/aromatic N) is 1. The predicted octanol–water partition coefficient (Wildman–Crippen LogP) is 2.65. The number of phenols is 1. The van der Waals surface area contributed by atoms with Crippen LogP contribution in [0.1, 0.15) is 17.7 Å². The Morgan fingerprint density at radius 2 is 2.04 bits per heavy atom. The minimum Gasteiger partial charge on any atom is -0.508 e. The molecule has 1 unspecified atom stereocenters. The van der Waals surface area contributed by atoms with Crippen molar-refractivity contribution in [2.75, 3.05) is 26.2 Å². The summed E-state index contributed by atoms with van der Waals surface area (Å²) in [6.45, 7) is 2.99. The minimum atomic E-state index is -0.511. The van der Waals surface area contributed by atoms with Crippen LogP contribution in [0.25, 0.3) is 5.57 Å². The number of β-amino-alcohol motifs (C(OH)–C–C–N with tert-alkyl or cyclic N) is 1. The molecule has 0 radical (unpaired) electrons. The first-order valence-electron chi connectivity index (χ1n) is 8.19. The van der Waals surface area contributed by atoms with Gasteiger partial charge in [-0.25, -0.2) is 0 Å². The van der Waals surface area contributed by atoms with Gasteiger partial charge in [-0.3, -0.25) is 4.90 Å². The number of aliphatic hydroxyl groups excluding tert-OH is 1. The van der Waals surface area contributed by atoms with Gasteiger partial charge in [-0.15, -0.1) is 0 Å². The monoisotopic (exact) mass is 329 g/mol. The molecule has 24 heavy (non-hydrogen) atoms. The Hall–Kier alpha value is -2.08. The number of rotatable bonds is 7. The fourth-order valence-electron chi connectivity index (χ4n) is 2.86. The van der Waals surface area contributed by atoms with Gasteiger partial charge in [-0.2, -0.15) is 0 Å². The van der Waals surface area contributed by atoms with E-state index >= 15 is 0 Å².